The number of esters is 1. The van der Waals surface area contributed by atoms with Crippen molar-refractivity contribution in [3.05, 3.63) is 35.9 Å². The third-order valence-electron chi connectivity index (χ3n) is 7.33. The zero-order chi connectivity index (χ0) is 23.0. The fourth-order valence-electron chi connectivity index (χ4n) is 5.47. The van der Waals surface area contributed by atoms with E-state index in [0.717, 1.165) is 49.9 Å². The van der Waals surface area contributed by atoms with Crippen molar-refractivity contribution in [1.82, 2.24) is 40.2 Å². The quantitative estimate of drug-likeness (QED) is 0.597. The van der Waals surface area contributed by atoms with Gasteiger partial charge in [0.25, 0.3) is 0 Å². The van der Waals surface area contributed by atoms with E-state index in [-0.39, 0.29) is 29.9 Å². The van der Waals surface area contributed by atoms with Gasteiger partial charge in [0.1, 0.15) is 12.9 Å². The Morgan fingerprint density at radius 1 is 1.21 bits per heavy atom. The first kappa shape index (κ1) is 21.6. The van der Waals surface area contributed by atoms with Crippen LogP contribution in [0.3, 0.4) is 0 Å². The molecule has 11 nitrogen and oxygen atoms in total. The normalized spacial score (nSPS) is 27.5. The van der Waals surface area contributed by atoms with E-state index in [1.165, 1.54) is 17.1 Å². The molecule has 2 aromatic rings. The lowest BCUT2D eigenvalue weighted by atomic mass is 9.70. The summed E-state index contributed by atoms with van der Waals surface area (Å²) < 4.78 is 6.54. The molecule has 174 valence electrons. The molecule has 0 radical (unpaired) electrons. The second-order valence-corrected chi connectivity index (χ2v) is 9.25. The van der Waals surface area contributed by atoms with Crippen molar-refractivity contribution in [2.24, 2.45) is 5.41 Å². The van der Waals surface area contributed by atoms with Crippen LogP contribution in [0.25, 0.3) is 5.82 Å². The summed E-state index contributed by atoms with van der Waals surface area (Å²) in [5.41, 5.74) is 1.27. The SMILES string of the molecule is CC[C@@H]1C[C@]2(CC[C@@H](N(C)Cc3ccc(-n4cnnn4)nn3)CC2)C(=O)N1C1=CC(=O)OC1. The molecule has 0 aromatic carbocycles. The van der Waals surface area contributed by atoms with Gasteiger partial charge in [-0.1, -0.05) is 6.92 Å². The maximum atomic E-state index is 13.5. The van der Waals surface area contributed by atoms with E-state index in [2.05, 4.69) is 44.6 Å². The second kappa shape index (κ2) is 8.62. The highest BCUT2D eigenvalue weighted by molar-refractivity contribution is 5.91. The van der Waals surface area contributed by atoms with Gasteiger partial charge in [0.2, 0.25) is 5.91 Å². The van der Waals surface area contributed by atoms with Gasteiger partial charge in [-0.05, 0) is 68.1 Å². The van der Waals surface area contributed by atoms with Crippen LogP contribution in [0.2, 0.25) is 0 Å². The maximum absolute atomic E-state index is 13.5. The van der Waals surface area contributed by atoms with Crippen LogP contribution in [0.1, 0.15) is 51.1 Å². The van der Waals surface area contributed by atoms with Gasteiger partial charge in [-0.15, -0.1) is 10.2 Å². The summed E-state index contributed by atoms with van der Waals surface area (Å²) in [7, 11) is 2.10. The van der Waals surface area contributed by atoms with Crippen LogP contribution in [0.15, 0.2) is 30.2 Å². The van der Waals surface area contributed by atoms with Gasteiger partial charge in [-0.2, -0.15) is 9.78 Å². The van der Waals surface area contributed by atoms with Crippen LogP contribution in [0, 0.1) is 5.41 Å². The first-order valence-electron chi connectivity index (χ1n) is 11.5. The average molecular weight is 453 g/mol. The molecule has 1 saturated heterocycles. The zero-order valence-corrected chi connectivity index (χ0v) is 18.9. The molecule has 11 heteroatoms. The van der Waals surface area contributed by atoms with E-state index in [1.807, 2.05) is 17.0 Å². The van der Waals surface area contributed by atoms with E-state index in [9.17, 15) is 9.59 Å². The van der Waals surface area contributed by atoms with Gasteiger partial charge in [-0.3, -0.25) is 9.69 Å². The third-order valence-corrected chi connectivity index (χ3v) is 7.33. The number of amides is 1. The molecule has 0 bridgehead atoms. The van der Waals surface area contributed by atoms with E-state index < -0.39 is 0 Å². The van der Waals surface area contributed by atoms with Gasteiger partial charge in [0, 0.05) is 24.7 Å². The molecule has 1 amide bonds. The number of tetrazole rings is 1. The number of hydrogen-bond acceptors (Lipinski definition) is 9. The average Bonchev–Trinajstić information content (AvgIpc) is 3.56. The lowest BCUT2D eigenvalue weighted by molar-refractivity contribution is -0.138. The minimum absolute atomic E-state index is 0.140. The molecule has 2 fully saturated rings. The fraction of sp³-hybridized carbons (Fsp3) is 0.591. The Kier molecular flexibility index (Phi) is 5.65. The molecule has 0 N–H and O–H groups in total. The predicted molar refractivity (Wildman–Crippen MR) is 115 cm³/mol. The summed E-state index contributed by atoms with van der Waals surface area (Å²) in [6, 6.07) is 4.31. The van der Waals surface area contributed by atoms with E-state index in [0.29, 0.717) is 18.4 Å². The molecular weight excluding hydrogens is 424 g/mol. The van der Waals surface area contributed by atoms with Crippen LogP contribution < -0.4 is 0 Å². The summed E-state index contributed by atoms with van der Waals surface area (Å²) in [5, 5.41) is 19.6. The van der Waals surface area contributed by atoms with Gasteiger partial charge in [0.05, 0.1) is 16.8 Å². The number of cyclic esters (lactones) is 1. The summed E-state index contributed by atoms with van der Waals surface area (Å²) in [4.78, 5) is 29.2. The molecule has 5 rings (SSSR count). The van der Waals surface area contributed by atoms with Crippen LogP contribution in [-0.2, 0) is 20.9 Å². The highest BCUT2D eigenvalue weighted by atomic mass is 16.5. The standard InChI is InChI=1S/C22H28N8O3/c1-3-16-11-22(21(32)30(16)18-10-20(31)33-13-18)8-6-17(7-9-22)28(2)12-15-4-5-19(25-24-15)29-14-23-26-27-29/h4-5,10,14,16-17H,3,6-9,11-13H2,1-2H3/t16-,17-,22-/m1/s1. The Labute approximate surface area is 191 Å². The number of likely N-dealkylation sites (tertiary alicyclic amines) is 1. The topological polar surface area (TPSA) is 119 Å². The molecule has 1 spiro atoms. The van der Waals surface area contributed by atoms with Gasteiger partial charge >= 0.3 is 5.97 Å². The minimum atomic E-state index is -0.354. The lowest BCUT2D eigenvalue weighted by Gasteiger charge is -2.39. The molecular formula is C22H28N8O3. The number of aromatic nitrogens is 6. The van der Waals surface area contributed by atoms with Crippen molar-refractivity contribution >= 4 is 11.9 Å². The van der Waals surface area contributed by atoms with Crippen molar-refractivity contribution < 1.29 is 14.3 Å². The number of carbonyl (C=O) groups is 2. The molecule has 3 aliphatic rings. The molecule has 0 unspecified atom stereocenters. The predicted octanol–water partition coefficient (Wildman–Crippen LogP) is 1.26. The molecule has 33 heavy (non-hydrogen) atoms. The van der Waals surface area contributed by atoms with Crippen molar-refractivity contribution in [3.63, 3.8) is 0 Å². The van der Waals surface area contributed by atoms with Crippen molar-refractivity contribution in [2.45, 2.75) is 64.1 Å². The van der Waals surface area contributed by atoms with Crippen LogP contribution >= 0.6 is 0 Å². The smallest absolute Gasteiger partial charge is 0.333 e. The Balaban J connectivity index is 1.21. The molecule has 1 atom stereocenters. The van der Waals surface area contributed by atoms with E-state index in [1.54, 1.807) is 0 Å². The first-order chi connectivity index (χ1) is 16.0. The number of ether oxygens (including phenoxy) is 1. The second-order valence-electron chi connectivity index (χ2n) is 9.25. The van der Waals surface area contributed by atoms with Crippen molar-refractivity contribution in [2.75, 3.05) is 13.7 Å². The van der Waals surface area contributed by atoms with Gasteiger partial charge < -0.3 is 9.64 Å². The summed E-state index contributed by atoms with van der Waals surface area (Å²) in [6.07, 6.45) is 8.32. The Morgan fingerprint density at radius 2 is 2.03 bits per heavy atom. The summed E-state index contributed by atoms with van der Waals surface area (Å²) in [5.74, 6) is 0.391. The molecule has 1 saturated carbocycles. The van der Waals surface area contributed by atoms with Crippen LogP contribution in [0.5, 0.6) is 0 Å². The largest absolute Gasteiger partial charge is 0.456 e. The van der Waals surface area contributed by atoms with Crippen LogP contribution in [0.4, 0.5) is 0 Å². The van der Waals surface area contributed by atoms with Gasteiger partial charge in [-0.25, -0.2) is 4.79 Å². The monoisotopic (exact) mass is 452 g/mol. The number of carbonyl (C=O) groups excluding carboxylic acids is 2. The Bertz CT molecular complexity index is 1040. The molecule has 2 aromatic heterocycles. The van der Waals surface area contributed by atoms with Crippen molar-refractivity contribution in [1.29, 1.82) is 0 Å². The number of nitrogens with zero attached hydrogens (tertiary/aromatic N) is 8. The zero-order valence-electron chi connectivity index (χ0n) is 18.9. The molecule has 1 aliphatic carbocycles. The number of rotatable bonds is 6. The maximum Gasteiger partial charge on any atom is 0.333 e. The lowest BCUT2D eigenvalue weighted by Crippen LogP contribution is -2.42. The Morgan fingerprint density at radius 3 is 2.64 bits per heavy atom. The van der Waals surface area contributed by atoms with E-state index in [4.69, 9.17) is 4.74 Å². The number of hydrogen-bond donors (Lipinski definition) is 0. The highest BCUT2D eigenvalue weighted by Crippen LogP contribution is 2.50. The first-order valence-corrected chi connectivity index (χ1v) is 11.5. The molecule has 4 heterocycles. The van der Waals surface area contributed by atoms with Crippen molar-refractivity contribution in [3.8, 4) is 5.82 Å². The summed E-state index contributed by atoms with van der Waals surface area (Å²) >= 11 is 0. The fourth-order valence-corrected chi connectivity index (χ4v) is 5.47. The third kappa shape index (κ3) is 4.01. The summed E-state index contributed by atoms with van der Waals surface area (Å²) in [6.45, 7) is 2.99. The van der Waals surface area contributed by atoms with Crippen LogP contribution in [-0.4, -0.2) is 77.8 Å². The Hall–Kier alpha value is -3.21. The molecule has 2 aliphatic heterocycles. The highest BCUT2D eigenvalue weighted by Gasteiger charge is 2.53. The van der Waals surface area contributed by atoms with Gasteiger partial charge in [0.15, 0.2) is 5.82 Å². The van der Waals surface area contributed by atoms with E-state index >= 15 is 0 Å². The minimum Gasteiger partial charge on any atom is -0.456 e.